The molecule has 0 saturated heterocycles. The summed E-state index contributed by atoms with van der Waals surface area (Å²) in [4.78, 5) is 13.2. The molecule has 90 valence electrons. The molecule has 1 N–H and O–H groups in total. The van der Waals surface area contributed by atoms with Crippen molar-refractivity contribution in [3.05, 3.63) is 35.1 Å². The van der Waals surface area contributed by atoms with Gasteiger partial charge in [0.25, 0.3) is 0 Å². The SMILES string of the molecule is O=C(O)C1(N2CCc3ccc(F)cc3C2)CC1. The maximum atomic E-state index is 13.2. The molecule has 3 nitrogen and oxygen atoms in total. The second kappa shape index (κ2) is 3.53. The van der Waals surface area contributed by atoms with E-state index in [9.17, 15) is 14.3 Å². The van der Waals surface area contributed by atoms with Crippen LogP contribution < -0.4 is 0 Å². The van der Waals surface area contributed by atoms with Crippen LogP contribution in [0.2, 0.25) is 0 Å². The third kappa shape index (κ3) is 1.63. The van der Waals surface area contributed by atoms with Gasteiger partial charge in [0.1, 0.15) is 11.4 Å². The van der Waals surface area contributed by atoms with E-state index in [0.717, 1.165) is 24.1 Å². The van der Waals surface area contributed by atoms with Crippen LogP contribution >= 0.6 is 0 Å². The second-order valence-corrected chi connectivity index (χ2v) is 4.92. The zero-order valence-corrected chi connectivity index (χ0v) is 9.45. The topological polar surface area (TPSA) is 40.5 Å². The molecular weight excluding hydrogens is 221 g/mol. The molecule has 1 saturated carbocycles. The lowest BCUT2D eigenvalue weighted by atomic mass is 9.98. The molecule has 0 unspecified atom stereocenters. The molecule has 0 radical (unpaired) electrons. The van der Waals surface area contributed by atoms with E-state index in [1.54, 1.807) is 0 Å². The number of fused-ring (bicyclic) bond motifs is 1. The van der Waals surface area contributed by atoms with E-state index in [1.165, 1.54) is 12.1 Å². The van der Waals surface area contributed by atoms with Gasteiger partial charge in [-0.1, -0.05) is 6.07 Å². The average molecular weight is 235 g/mol. The van der Waals surface area contributed by atoms with Crippen molar-refractivity contribution < 1.29 is 14.3 Å². The summed E-state index contributed by atoms with van der Waals surface area (Å²) in [5, 5.41) is 9.24. The first-order valence-corrected chi connectivity index (χ1v) is 5.88. The van der Waals surface area contributed by atoms with Gasteiger partial charge in [-0.25, -0.2) is 4.39 Å². The van der Waals surface area contributed by atoms with Gasteiger partial charge in [0, 0.05) is 13.1 Å². The summed E-state index contributed by atoms with van der Waals surface area (Å²) < 4.78 is 13.2. The van der Waals surface area contributed by atoms with Crippen LogP contribution in [-0.2, 0) is 17.8 Å². The van der Waals surface area contributed by atoms with Crippen LogP contribution in [0.15, 0.2) is 18.2 Å². The van der Waals surface area contributed by atoms with Crippen molar-refractivity contribution in [3.8, 4) is 0 Å². The minimum Gasteiger partial charge on any atom is -0.480 e. The highest BCUT2D eigenvalue weighted by molar-refractivity contribution is 5.82. The van der Waals surface area contributed by atoms with E-state index in [0.29, 0.717) is 19.4 Å². The van der Waals surface area contributed by atoms with Crippen molar-refractivity contribution in [2.75, 3.05) is 6.54 Å². The third-order valence-corrected chi connectivity index (χ3v) is 3.91. The number of hydrogen-bond acceptors (Lipinski definition) is 2. The molecule has 0 spiro atoms. The van der Waals surface area contributed by atoms with Crippen LogP contribution in [-0.4, -0.2) is 28.1 Å². The minimum absolute atomic E-state index is 0.245. The Kier molecular flexibility index (Phi) is 2.23. The molecule has 1 aromatic rings. The van der Waals surface area contributed by atoms with Crippen LogP contribution in [0.1, 0.15) is 24.0 Å². The summed E-state index contributed by atoms with van der Waals surface area (Å²) in [6.45, 7) is 1.31. The van der Waals surface area contributed by atoms with Crippen LogP contribution in [0, 0.1) is 5.82 Å². The number of rotatable bonds is 2. The molecule has 2 aliphatic rings. The first-order chi connectivity index (χ1) is 8.12. The summed E-state index contributed by atoms with van der Waals surface area (Å²) >= 11 is 0. The first-order valence-electron chi connectivity index (χ1n) is 5.88. The Morgan fingerprint density at radius 2 is 2.12 bits per heavy atom. The summed E-state index contributed by atoms with van der Waals surface area (Å²) in [6.07, 6.45) is 2.24. The van der Waals surface area contributed by atoms with Gasteiger partial charge in [-0.2, -0.15) is 0 Å². The Labute approximate surface area is 98.9 Å². The predicted molar refractivity (Wildman–Crippen MR) is 60.1 cm³/mol. The van der Waals surface area contributed by atoms with Gasteiger partial charge >= 0.3 is 5.97 Å². The standard InChI is InChI=1S/C13H14FNO2/c14-11-2-1-9-3-6-15(8-10(9)7-11)13(4-5-13)12(16)17/h1-2,7H,3-6,8H2,(H,16,17). The fourth-order valence-electron chi connectivity index (χ4n) is 2.67. The Morgan fingerprint density at radius 1 is 1.35 bits per heavy atom. The summed E-state index contributed by atoms with van der Waals surface area (Å²) in [7, 11) is 0. The largest absolute Gasteiger partial charge is 0.480 e. The number of benzene rings is 1. The molecule has 1 heterocycles. The molecule has 1 aromatic carbocycles. The van der Waals surface area contributed by atoms with Crippen molar-refractivity contribution in [3.63, 3.8) is 0 Å². The number of nitrogens with zero attached hydrogens (tertiary/aromatic N) is 1. The molecule has 17 heavy (non-hydrogen) atoms. The van der Waals surface area contributed by atoms with Crippen molar-refractivity contribution in [2.45, 2.75) is 31.3 Å². The maximum Gasteiger partial charge on any atom is 0.324 e. The number of aliphatic carboxylic acids is 1. The van der Waals surface area contributed by atoms with Gasteiger partial charge in [-0.05, 0) is 42.5 Å². The number of halogens is 1. The fourth-order valence-corrected chi connectivity index (χ4v) is 2.67. The second-order valence-electron chi connectivity index (χ2n) is 4.92. The molecule has 3 rings (SSSR count). The minimum atomic E-state index is -0.739. The Morgan fingerprint density at radius 3 is 2.76 bits per heavy atom. The maximum absolute atomic E-state index is 13.2. The number of carbonyl (C=O) groups is 1. The van der Waals surface area contributed by atoms with Crippen molar-refractivity contribution in [1.82, 2.24) is 4.90 Å². The highest BCUT2D eigenvalue weighted by Crippen LogP contribution is 2.44. The molecule has 4 heteroatoms. The van der Waals surface area contributed by atoms with Gasteiger partial charge in [0.05, 0.1) is 0 Å². The highest BCUT2D eigenvalue weighted by Gasteiger charge is 2.55. The van der Waals surface area contributed by atoms with E-state index in [4.69, 9.17) is 0 Å². The summed E-state index contributed by atoms with van der Waals surface area (Å²) in [6, 6.07) is 4.81. The van der Waals surface area contributed by atoms with Gasteiger partial charge < -0.3 is 5.11 Å². The summed E-state index contributed by atoms with van der Waals surface area (Å²) in [5.41, 5.74) is 1.41. The van der Waals surface area contributed by atoms with Gasteiger partial charge in [-0.3, -0.25) is 9.69 Å². The lowest BCUT2D eigenvalue weighted by molar-refractivity contribution is -0.145. The monoisotopic (exact) mass is 235 g/mol. The number of carboxylic acids is 1. The van der Waals surface area contributed by atoms with Crippen molar-refractivity contribution in [1.29, 1.82) is 0 Å². The smallest absolute Gasteiger partial charge is 0.324 e. The van der Waals surface area contributed by atoms with Gasteiger partial charge in [0.2, 0.25) is 0 Å². The predicted octanol–water partition coefficient (Wildman–Crippen LogP) is 1.80. The average Bonchev–Trinajstić information content (AvgIpc) is 3.09. The van der Waals surface area contributed by atoms with Crippen LogP contribution in [0.5, 0.6) is 0 Å². The van der Waals surface area contributed by atoms with Crippen molar-refractivity contribution >= 4 is 5.97 Å². The van der Waals surface area contributed by atoms with Crippen molar-refractivity contribution in [2.24, 2.45) is 0 Å². The third-order valence-electron chi connectivity index (χ3n) is 3.91. The molecule has 0 aromatic heterocycles. The first kappa shape index (κ1) is 10.7. The number of carboxylic acid groups (broad SMARTS) is 1. The Balaban J connectivity index is 1.88. The van der Waals surface area contributed by atoms with E-state index < -0.39 is 11.5 Å². The molecule has 1 fully saturated rings. The molecule has 1 aliphatic heterocycles. The van der Waals surface area contributed by atoms with Gasteiger partial charge in [0.15, 0.2) is 0 Å². The van der Waals surface area contributed by atoms with Crippen LogP contribution in [0.4, 0.5) is 4.39 Å². The summed E-state index contributed by atoms with van der Waals surface area (Å²) in [5.74, 6) is -0.983. The van der Waals surface area contributed by atoms with E-state index >= 15 is 0 Å². The Hall–Kier alpha value is -1.42. The lowest BCUT2D eigenvalue weighted by Gasteiger charge is -2.33. The number of hydrogen-bond donors (Lipinski definition) is 1. The zero-order chi connectivity index (χ0) is 12.0. The van der Waals surface area contributed by atoms with E-state index in [2.05, 4.69) is 0 Å². The lowest BCUT2D eigenvalue weighted by Crippen LogP contribution is -2.46. The fraction of sp³-hybridized carbons (Fsp3) is 0.462. The van der Waals surface area contributed by atoms with Crippen LogP contribution in [0.3, 0.4) is 0 Å². The molecule has 0 atom stereocenters. The molecule has 0 bridgehead atoms. The molecule has 0 amide bonds. The van der Waals surface area contributed by atoms with Gasteiger partial charge in [-0.15, -0.1) is 0 Å². The molecular formula is C13H14FNO2. The normalized spacial score (nSPS) is 21.9. The molecule has 1 aliphatic carbocycles. The van der Waals surface area contributed by atoms with E-state index in [-0.39, 0.29) is 5.82 Å². The van der Waals surface area contributed by atoms with Crippen LogP contribution in [0.25, 0.3) is 0 Å². The van der Waals surface area contributed by atoms with E-state index in [1.807, 2.05) is 11.0 Å². The quantitative estimate of drug-likeness (QED) is 0.849. The Bertz CT molecular complexity index is 482. The zero-order valence-electron chi connectivity index (χ0n) is 9.45. The highest BCUT2D eigenvalue weighted by atomic mass is 19.1.